The standard InChI is InChI=1S/C12H14/c1-4-6-7-12-9-10(3)8-11(12)5-2/h4-9H,1H2,2-3H3/b7-6-,11-5-. The molecule has 1 aliphatic rings. The highest BCUT2D eigenvalue weighted by atomic mass is 14.1. The Hall–Kier alpha value is -1.30. The fourth-order valence-corrected chi connectivity index (χ4v) is 1.26. The first-order valence-electron chi connectivity index (χ1n) is 4.13. The van der Waals surface area contributed by atoms with Crippen LogP contribution in [0.3, 0.4) is 0 Å². The zero-order valence-electron chi connectivity index (χ0n) is 7.67. The first-order valence-corrected chi connectivity index (χ1v) is 4.13. The summed E-state index contributed by atoms with van der Waals surface area (Å²) in [5.41, 5.74) is 3.88. The largest absolute Gasteiger partial charge is 0.0991 e. The first-order chi connectivity index (χ1) is 5.77. The third-order valence-electron chi connectivity index (χ3n) is 1.82. The van der Waals surface area contributed by atoms with Crippen molar-refractivity contribution in [2.24, 2.45) is 0 Å². The van der Waals surface area contributed by atoms with Crippen LogP contribution in [0, 0.1) is 0 Å². The molecule has 12 heavy (non-hydrogen) atoms. The number of rotatable bonds is 2. The van der Waals surface area contributed by atoms with E-state index in [2.05, 4.69) is 44.7 Å². The maximum Gasteiger partial charge on any atom is -0.0185 e. The summed E-state index contributed by atoms with van der Waals surface area (Å²) in [6, 6.07) is 0. The lowest BCUT2D eigenvalue weighted by molar-refractivity contribution is 1.54. The van der Waals surface area contributed by atoms with E-state index in [9.17, 15) is 0 Å². The minimum Gasteiger partial charge on any atom is -0.0991 e. The zero-order chi connectivity index (χ0) is 8.97. The van der Waals surface area contributed by atoms with Gasteiger partial charge >= 0.3 is 0 Å². The molecule has 0 nitrogen and oxygen atoms in total. The van der Waals surface area contributed by atoms with Crippen molar-refractivity contribution in [2.45, 2.75) is 13.8 Å². The minimum absolute atomic E-state index is 1.27. The van der Waals surface area contributed by atoms with Crippen LogP contribution >= 0.6 is 0 Å². The molecule has 0 heterocycles. The van der Waals surface area contributed by atoms with Gasteiger partial charge in [0.2, 0.25) is 0 Å². The summed E-state index contributed by atoms with van der Waals surface area (Å²) in [6.45, 7) is 7.81. The van der Waals surface area contributed by atoms with Crippen LogP contribution in [-0.4, -0.2) is 0 Å². The SMILES string of the molecule is C=C/C=C\C1=CC(C)=C/C1=C/C. The lowest BCUT2D eigenvalue weighted by atomic mass is 10.1. The highest BCUT2D eigenvalue weighted by Gasteiger charge is 2.04. The maximum atomic E-state index is 3.64. The van der Waals surface area contributed by atoms with Crippen LogP contribution in [0.25, 0.3) is 0 Å². The Balaban J connectivity index is 2.88. The fraction of sp³-hybridized carbons (Fsp3) is 0.167. The van der Waals surface area contributed by atoms with E-state index in [1.165, 1.54) is 16.7 Å². The van der Waals surface area contributed by atoms with Crippen molar-refractivity contribution in [3.05, 3.63) is 59.8 Å². The van der Waals surface area contributed by atoms with E-state index in [0.717, 1.165) is 0 Å². The molecule has 0 N–H and O–H groups in total. The summed E-state index contributed by atoms with van der Waals surface area (Å²) in [5.74, 6) is 0. The molecule has 0 aromatic heterocycles. The molecule has 0 aliphatic heterocycles. The molecule has 1 aliphatic carbocycles. The molecule has 0 fully saturated rings. The summed E-state index contributed by atoms with van der Waals surface area (Å²) < 4.78 is 0. The molecule has 0 amide bonds. The quantitative estimate of drug-likeness (QED) is 0.539. The summed E-state index contributed by atoms with van der Waals surface area (Å²) in [7, 11) is 0. The second kappa shape index (κ2) is 3.91. The number of hydrogen-bond acceptors (Lipinski definition) is 0. The van der Waals surface area contributed by atoms with Crippen LogP contribution in [0.2, 0.25) is 0 Å². The van der Waals surface area contributed by atoms with Crippen LogP contribution in [0.5, 0.6) is 0 Å². The molecule has 0 unspecified atom stereocenters. The van der Waals surface area contributed by atoms with Crippen molar-refractivity contribution in [2.75, 3.05) is 0 Å². The van der Waals surface area contributed by atoms with Gasteiger partial charge in [0, 0.05) is 0 Å². The van der Waals surface area contributed by atoms with Gasteiger partial charge in [0.15, 0.2) is 0 Å². The van der Waals surface area contributed by atoms with Gasteiger partial charge in [-0.2, -0.15) is 0 Å². The lowest BCUT2D eigenvalue weighted by Gasteiger charge is -1.94. The Bertz CT molecular complexity index is 296. The van der Waals surface area contributed by atoms with Gasteiger partial charge in [0.25, 0.3) is 0 Å². The topological polar surface area (TPSA) is 0 Å². The van der Waals surface area contributed by atoms with Crippen molar-refractivity contribution in [3.8, 4) is 0 Å². The molecule has 0 atom stereocenters. The van der Waals surface area contributed by atoms with Crippen molar-refractivity contribution in [1.29, 1.82) is 0 Å². The van der Waals surface area contributed by atoms with Crippen LogP contribution in [-0.2, 0) is 0 Å². The van der Waals surface area contributed by atoms with E-state index in [1.807, 2.05) is 6.08 Å². The van der Waals surface area contributed by atoms with Crippen molar-refractivity contribution in [1.82, 2.24) is 0 Å². The molecule has 0 bridgehead atoms. The van der Waals surface area contributed by atoms with E-state index in [4.69, 9.17) is 0 Å². The highest BCUT2D eigenvalue weighted by molar-refractivity contribution is 5.56. The summed E-state index contributed by atoms with van der Waals surface area (Å²) in [5, 5.41) is 0. The molecule has 0 saturated heterocycles. The van der Waals surface area contributed by atoms with Crippen LogP contribution in [0.4, 0.5) is 0 Å². The Labute approximate surface area is 74.3 Å². The number of hydrogen-bond donors (Lipinski definition) is 0. The van der Waals surface area contributed by atoms with Crippen molar-refractivity contribution < 1.29 is 0 Å². The Morgan fingerprint density at radius 1 is 1.33 bits per heavy atom. The predicted octanol–water partition coefficient (Wildman–Crippen LogP) is 3.56. The van der Waals surface area contributed by atoms with Gasteiger partial charge in [0.05, 0.1) is 0 Å². The average molecular weight is 158 g/mol. The fourth-order valence-electron chi connectivity index (χ4n) is 1.26. The normalized spacial score (nSPS) is 20.0. The van der Waals surface area contributed by atoms with Crippen LogP contribution in [0.15, 0.2) is 59.8 Å². The molecular formula is C12H14. The van der Waals surface area contributed by atoms with Gasteiger partial charge in [-0.1, -0.05) is 43.0 Å². The monoisotopic (exact) mass is 158 g/mol. The highest BCUT2D eigenvalue weighted by Crippen LogP contribution is 2.23. The molecule has 62 valence electrons. The van der Waals surface area contributed by atoms with Crippen LogP contribution in [0.1, 0.15) is 13.8 Å². The molecular weight excluding hydrogens is 144 g/mol. The first kappa shape index (κ1) is 8.79. The van der Waals surface area contributed by atoms with Gasteiger partial charge in [-0.3, -0.25) is 0 Å². The van der Waals surface area contributed by atoms with E-state index in [0.29, 0.717) is 0 Å². The second-order valence-electron chi connectivity index (χ2n) is 2.83. The smallest absolute Gasteiger partial charge is 0.0185 e. The molecule has 0 aromatic rings. The lowest BCUT2D eigenvalue weighted by Crippen LogP contribution is -1.75. The number of allylic oxidation sites excluding steroid dienone is 9. The summed E-state index contributed by atoms with van der Waals surface area (Å²) in [4.78, 5) is 0. The Morgan fingerprint density at radius 2 is 2.08 bits per heavy atom. The third-order valence-corrected chi connectivity index (χ3v) is 1.82. The summed E-state index contributed by atoms with van der Waals surface area (Å²) in [6.07, 6.45) is 12.3. The van der Waals surface area contributed by atoms with E-state index in [-0.39, 0.29) is 0 Å². The van der Waals surface area contributed by atoms with Crippen molar-refractivity contribution >= 4 is 0 Å². The van der Waals surface area contributed by atoms with Gasteiger partial charge in [-0.05, 0) is 30.6 Å². The zero-order valence-corrected chi connectivity index (χ0v) is 7.67. The Morgan fingerprint density at radius 3 is 2.67 bits per heavy atom. The molecule has 0 radical (unpaired) electrons. The minimum atomic E-state index is 1.27. The van der Waals surface area contributed by atoms with E-state index < -0.39 is 0 Å². The third kappa shape index (κ3) is 1.85. The van der Waals surface area contributed by atoms with Crippen molar-refractivity contribution in [3.63, 3.8) is 0 Å². The van der Waals surface area contributed by atoms with E-state index >= 15 is 0 Å². The molecule has 0 aromatic carbocycles. The van der Waals surface area contributed by atoms with Gasteiger partial charge in [-0.25, -0.2) is 0 Å². The van der Waals surface area contributed by atoms with Gasteiger partial charge < -0.3 is 0 Å². The molecule has 0 heteroatoms. The summed E-state index contributed by atoms with van der Waals surface area (Å²) >= 11 is 0. The Kier molecular flexibility index (Phi) is 2.87. The van der Waals surface area contributed by atoms with Gasteiger partial charge in [0.1, 0.15) is 0 Å². The molecule has 1 rings (SSSR count). The van der Waals surface area contributed by atoms with Crippen LogP contribution < -0.4 is 0 Å². The second-order valence-corrected chi connectivity index (χ2v) is 2.83. The predicted molar refractivity (Wildman–Crippen MR) is 54.9 cm³/mol. The van der Waals surface area contributed by atoms with Gasteiger partial charge in [-0.15, -0.1) is 0 Å². The molecule has 0 saturated carbocycles. The maximum absolute atomic E-state index is 3.64. The average Bonchev–Trinajstić information content (AvgIpc) is 2.42. The van der Waals surface area contributed by atoms with E-state index in [1.54, 1.807) is 6.08 Å². The molecule has 0 spiro atoms.